The number of benzene rings is 1. The van der Waals surface area contributed by atoms with Gasteiger partial charge < -0.3 is 10.6 Å². The molecule has 1 fully saturated rings. The summed E-state index contributed by atoms with van der Waals surface area (Å²) in [4.78, 5) is 11.8. The van der Waals surface area contributed by atoms with E-state index in [0.29, 0.717) is 22.6 Å². The molecule has 0 heterocycles. The molecule has 104 valence electrons. The molecule has 0 aromatic heterocycles. The van der Waals surface area contributed by atoms with Gasteiger partial charge >= 0.3 is 6.03 Å². The molecule has 2 rings (SSSR count). The molecule has 0 bridgehead atoms. The lowest BCUT2D eigenvalue weighted by Gasteiger charge is -2.21. The van der Waals surface area contributed by atoms with Crippen LogP contribution in [0.3, 0.4) is 0 Å². The van der Waals surface area contributed by atoms with Crippen LogP contribution in [0.25, 0.3) is 0 Å². The van der Waals surface area contributed by atoms with Crippen molar-refractivity contribution in [2.45, 2.75) is 32.1 Å². The Labute approximate surface area is 121 Å². The van der Waals surface area contributed by atoms with Crippen molar-refractivity contribution in [3.8, 4) is 0 Å². The second kappa shape index (κ2) is 6.89. The fourth-order valence-corrected chi connectivity index (χ4v) is 2.84. The average Bonchev–Trinajstić information content (AvgIpc) is 2.41. The zero-order valence-corrected chi connectivity index (χ0v) is 12.3. The van der Waals surface area contributed by atoms with Crippen LogP contribution in [0.5, 0.6) is 0 Å². The van der Waals surface area contributed by atoms with Gasteiger partial charge in [-0.15, -0.1) is 0 Å². The zero-order valence-electron chi connectivity index (χ0n) is 10.7. The van der Waals surface area contributed by atoms with Crippen molar-refractivity contribution in [3.05, 3.63) is 28.5 Å². The highest BCUT2D eigenvalue weighted by molar-refractivity contribution is 9.10. The number of urea groups is 1. The fraction of sp³-hybridized carbons (Fsp3) is 0.500. The summed E-state index contributed by atoms with van der Waals surface area (Å²) in [6.07, 6.45) is 6.22. The van der Waals surface area contributed by atoms with Crippen molar-refractivity contribution in [3.63, 3.8) is 0 Å². The van der Waals surface area contributed by atoms with Crippen molar-refractivity contribution >= 4 is 27.6 Å². The Morgan fingerprint density at radius 2 is 2.05 bits per heavy atom. The average molecular weight is 329 g/mol. The molecule has 1 saturated carbocycles. The Hall–Kier alpha value is -1.10. The maximum Gasteiger partial charge on any atom is 0.319 e. The number of halogens is 2. The molecule has 0 saturated heterocycles. The third-order valence-corrected chi connectivity index (χ3v) is 4.11. The molecule has 0 radical (unpaired) electrons. The predicted octanol–water partition coefficient (Wildman–Crippen LogP) is 4.29. The van der Waals surface area contributed by atoms with E-state index in [1.54, 1.807) is 6.07 Å². The van der Waals surface area contributed by atoms with Crippen LogP contribution in [0.4, 0.5) is 14.9 Å². The van der Waals surface area contributed by atoms with Crippen molar-refractivity contribution in [1.82, 2.24) is 5.32 Å². The van der Waals surface area contributed by atoms with Gasteiger partial charge in [0.1, 0.15) is 5.82 Å². The Bertz CT molecular complexity index is 447. The summed E-state index contributed by atoms with van der Waals surface area (Å²) in [6, 6.07) is 3.95. The molecule has 1 aliphatic rings. The van der Waals surface area contributed by atoms with Gasteiger partial charge in [-0.2, -0.15) is 0 Å². The largest absolute Gasteiger partial charge is 0.338 e. The first-order chi connectivity index (χ1) is 9.15. The van der Waals surface area contributed by atoms with Gasteiger partial charge in [0.25, 0.3) is 0 Å². The highest BCUT2D eigenvalue weighted by Gasteiger charge is 2.14. The number of hydrogen-bond donors (Lipinski definition) is 2. The first-order valence-corrected chi connectivity index (χ1v) is 7.44. The lowest BCUT2D eigenvalue weighted by Crippen LogP contribution is -2.33. The maximum absolute atomic E-state index is 12.9. The Balaban J connectivity index is 1.80. The van der Waals surface area contributed by atoms with E-state index in [4.69, 9.17) is 0 Å². The number of rotatable bonds is 3. The zero-order chi connectivity index (χ0) is 13.7. The second-order valence-corrected chi connectivity index (χ2v) is 5.82. The highest BCUT2D eigenvalue weighted by atomic mass is 79.9. The van der Waals surface area contributed by atoms with E-state index in [2.05, 4.69) is 26.6 Å². The minimum atomic E-state index is -0.333. The van der Waals surface area contributed by atoms with E-state index in [0.717, 1.165) is 0 Å². The van der Waals surface area contributed by atoms with Crippen LogP contribution in [-0.2, 0) is 0 Å². The molecule has 2 N–H and O–H groups in total. The number of carbonyl (C=O) groups is 1. The van der Waals surface area contributed by atoms with Crippen LogP contribution in [0.15, 0.2) is 22.7 Å². The number of carbonyl (C=O) groups excluding carboxylic acids is 1. The summed E-state index contributed by atoms with van der Waals surface area (Å²) in [7, 11) is 0. The SMILES string of the molecule is O=C(NCC1CCCCC1)Nc1ccc(F)cc1Br. The van der Waals surface area contributed by atoms with Crippen LogP contribution in [-0.4, -0.2) is 12.6 Å². The number of nitrogens with one attached hydrogen (secondary N) is 2. The summed E-state index contributed by atoms with van der Waals surface area (Å²) in [5, 5.41) is 5.59. The summed E-state index contributed by atoms with van der Waals surface area (Å²) in [5.74, 6) is 0.260. The van der Waals surface area contributed by atoms with Crippen LogP contribution < -0.4 is 10.6 Å². The molecular weight excluding hydrogens is 311 g/mol. The van der Waals surface area contributed by atoms with Crippen LogP contribution in [0, 0.1) is 11.7 Å². The number of hydrogen-bond acceptors (Lipinski definition) is 1. The second-order valence-electron chi connectivity index (χ2n) is 4.96. The molecule has 1 aromatic rings. The summed E-state index contributed by atoms with van der Waals surface area (Å²) < 4.78 is 13.5. The standard InChI is InChI=1S/C14H18BrFN2O/c15-12-8-11(16)6-7-13(12)18-14(19)17-9-10-4-2-1-3-5-10/h6-8,10H,1-5,9H2,(H2,17,18,19). The van der Waals surface area contributed by atoms with E-state index in [-0.39, 0.29) is 11.8 Å². The van der Waals surface area contributed by atoms with Gasteiger partial charge in [-0.25, -0.2) is 9.18 Å². The van der Waals surface area contributed by atoms with Crippen molar-refractivity contribution < 1.29 is 9.18 Å². The third kappa shape index (κ3) is 4.49. The van der Waals surface area contributed by atoms with E-state index in [1.807, 2.05) is 0 Å². The smallest absolute Gasteiger partial charge is 0.319 e. The van der Waals surface area contributed by atoms with Crippen LogP contribution >= 0.6 is 15.9 Å². The Kier molecular flexibility index (Phi) is 5.19. The van der Waals surface area contributed by atoms with E-state index in [9.17, 15) is 9.18 Å². The molecule has 0 aliphatic heterocycles. The number of anilines is 1. The highest BCUT2D eigenvalue weighted by Crippen LogP contribution is 2.24. The molecule has 0 spiro atoms. The molecule has 0 atom stereocenters. The van der Waals surface area contributed by atoms with Gasteiger partial charge in [-0.05, 0) is 52.9 Å². The minimum absolute atomic E-state index is 0.238. The summed E-state index contributed by atoms with van der Waals surface area (Å²) in [5.41, 5.74) is 0.572. The topological polar surface area (TPSA) is 41.1 Å². The predicted molar refractivity (Wildman–Crippen MR) is 77.7 cm³/mol. The molecule has 5 heteroatoms. The molecule has 1 aromatic carbocycles. The molecular formula is C14H18BrFN2O. The van der Waals surface area contributed by atoms with E-state index in [1.165, 1.54) is 44.2 Å². The Morgan fingerprint density at radius 3 is 2.74 bits per heavy atom. The summed E-state index contributed by atoms with van der Waals surface area (Å²) in [6.45, 7) is 0.713. The van der Waals surface area contributed by atoms with Gasteiger partial charge in [0.15, 0.2) is 0 Å². The Morgan fingerprint density at radius 1 is 1.32 bits per heavy atom. The summed E-state index contributed by atoms with van der Waals surface area (Å²) >= 11 is 3.22. The molecule has 0 unspecified atom stereocenters. The maximum atomic E-state index is 12.9. The van der Waals surface area contributed by atoms with Crippen LogP contribution in [0.2, 0.25) is 0 Å². The first kappa shape index (κ1) is 14.3. The lowest BCUT2D eigenvalue weighted by atomic mass is 9.89. The van der Waals surface area contributed by atoms with Gasteiger partial charge in [-0.1, -0.05) is 19.3 Å². The quantitative estimate of drug-likeness (QED) is 0.853. The molecule has 19 heavy (non-hydrogen) atoms. The fourth-order valence-electron chi connectivity index (χ4n) is 2.39. The van der Waals surface area contributed by atoms with Crippen molar-refractivity contribution in [2.75, 3.05) is 11.9 Å². The van der Waals surface area contributed by atoms with Crippen LogP contribution in [0.1, 0.15) is 32.1 Å². The first-order valence-electron chi connectivity index (χ1n) is 6.65. The van der Waals surface area contributed by atoms with E-state index >= 15 is 0 Å². The van der Waals surface area contributed by atoms with E-state index < -0.39 is 0 Å². The third-order valence-electron chi connectivity index (χ3n) is 3.46. The van der Waals surface area contributed by atoms with Crippen molar-refractivity contribution in [2.24, 2.45) is 5.92 Å². The lowest BCUT2D eigenvalue weighted by molar-refractivity contribution is 0.247. The van der Waals surface area contributed by atoms with Gasteiger partial charge in [0.2, 0.25) is 0 Å². The monoisotopic (exact) mass is 328 g/mol. The van der Waals surface area contributed by atoms with Gasteiger partial charge in [0.05, 0.1) is 5.69 Å². The number of amides is 2. The van der Waals surface area contributed by atoms with Gasteiger partial charge in [-0.3, -0.25) is 0 Å². The molecule has 1 aliphatic carbocycles. The van der Waals surface area contributed by atoms with Crippen molar-refractivity contribution in [1.29, 1.82) is 0 Å². The minimum Gasteiger partial charge on any atom is -0.338 e. The molecule has 2 amide bonds. The van der Waals surface area contributed by atoms with Gasteiger partial charge in [0, 0.05) is 11.0 Å². The normalized spacial score (nSPS) is 16.1. The molecule has 3 nitrogen and oxygen atoms in total.